The van der Waals surface area contributed by atoms with E-state index in [1.54, 1.807) is 7.11 Å². The highest BCUT2D eigenvalue weighted by Crippen LogP contribution is 2.30. The molecule has 1 fully saturated rings. The summed E-state index contributed by atoms with van der Waals surface area (Å²) in [5.41, 5.74) is 2.60. The van der Waals surface area contributed by atoms with Crippen molar-refractivity contribution in [1.82, 2.24) is 0 Å². The summed E-state index contributed by atoms with van der Waals surface area (Å²) >= 11 is 1.96. The fraction of sp³-hybridized carbons (Fsp3) is 0.429. The summed E-state index contributed by atoms with van der Waals surface area (Å²) in [5.74, 6) is 2.90. The summed E-state index contributed by atoms with van der Waals surface area (Å²) in [6, 6.07) is 23.3. The number of methoxy groups -OCH3 is 1. The van der Waals surface area contributed by atoms with Gasteiger partial charge in [0, 0.05) is 24.9 Å². The van der Waals surface area contributed by atoms with E-state index in [0.717, 1.165) is 54.9 Å². The number of thioether (sulfide) groups is 1. The third-order valence-electron chi connectivity index (χ3n) is 5.93. The first-order valence-corrected chi connectivity index (χ1v) is 13.0. The zero-order valence-corrected chi connectivity index (χ0v) is 20.2. The van der Waals surface area contributed by atoms with Crippen LogP contribution in [0.15, 0.2) is 66.7 Å². The molecule has 3 aromatic carbocycles. The smallest absolute Gasteiger partial charge is 0.188 e. The van der Waals surface area contributed by atoms with Gasteiger partial charge in [0.1, 0.15) is 5.75 Å². The van der Waals surface area contributed by atoms with Crippen molar-refractivity contribution in [3.05, 3.63) is 77.9 Å². The van der Waals surface area contributed by atoms with Crippen LogP contribution < -0.4 is 4.74 Å². The van der Waals surface area contributed by atoms with Gasteiger partial charge in [-0.05, 0) is 60.4 Å². The Morgan fingerprint density at radius 3 is 2.64 bits per heavy atom. The van der Waals surface area contributed by atoms with Gasteiger partial charge in [-0.2, -0.15) is 11.8 Å². The summed E-state index contributed by atoms with van der Waals surface area (Å²) < 4.78 is 23.0. The molecule has 0 aliphatic carbocycles. The van der Waals surface area contributed by atoms with Crippen LogP contribution in [0.3, 0.4) is 0 Å². The highest BCUT2D eigenvalue weighted by Gasteiger charge is 2.21. The minimum Gasteiger partial charge on any atom is -0.467 e. The quantitative estimate of drug-likeness (QED) is 0.217. The Balaban J connectivity index is 1.31. The Bertz CT molecular complexity index is 972. The van der Waals surface area contributed by atoms with Crippen molar-refractivity contribution in [3.63, 3.8) is 0 Å². The van der Waals surface area contributed by atoms with Crippen LogP contribution in [0.2, 0.25) is 0 Å². The molecular formula is C28H34O4S. The van der Waals surface area contributed by atoms with Crippen LogP contribution >= 0.6 is 11.8 Å². The number of hydrogen-bond acceptors (Lipinski definition) is 5. The Hall–Kier alpha value is -2.05. The van der Waals surface area contributed by atoms with Crippen LogP contribution in [0.25, 0.3) is 10.8 Å². The molecule has 2 atom stereocenters. The first-order valence-electron chi connectivity index (χ1n) is 11.9. The van der Waals surface area contributed by atoms with E-state index in [0.29, 0.717) is 0 Å². The number of aryl methyl sites for hydroxylation is 1. The van der Waals surface area contributed by atoms with Gasteiger partial charge < -0.3 is 18.9 Å². The predicted molar refractivity (Wildman–Crippen MR) is 136 cm³/mol. The molecule has 0 N–H and O–H groups in total. The van der Waals surface area contributed by atoms with Crippen molar-refractivity contribution in [2.75, 3.05) is 32.0 Å². The summed E-state index contributed by atoms with van der Waals surface area (Å²) in [6.07, 6.45) is 5.47. The van der Waals surface area contributed by atoms with Gasteiger partial charge in [-0.3, -0.25) is 0 Å². The van der Waals surface area contributed by atoms with Gasteiger partial charge >= 0.3 is 0 Å². The minimum atomic E-state index is -0.0743. The van der Waals surface area contributed by atoms with Gasteiger partial charge in [0.05, 0.1) is 6.10 Å². The molecule has 176 valence electrons. The summed E-state index contributed by atoms with van der Waals surface area (Å²) in [4.78, 5) is 0. The second kappa shape index (κ2) is 13.0. The molecule has 0 saturated carbocycles. The first-order chi connectivity index (χ1) is 16.3. The molecular weight excluding hydrogens is 432 g/mol. The van der Waals surface area contributed by atoms with Crippen LogP contribution in [0.1, 0.15) is 42.9 Å². The third kappa shape index (κ3) is 6.97. The van der Waals surface area contributed by atoms with Gasteiger partial charge in [-0.25, -0.2) is 0 Å². The molecule has 3 aromatic rings. The van der Waals surface area contributed by atoms with E-state index < -0.39 is 0 Å². The molecule has 0 amide bonds. The van der Waals surface area contributed by atoms with Gasteiger partial charge in [0.2, 0.25) is 0 Å². The van der Waals surface area contributed by atoms with E-state index in [2.05, 4.69) is 60.7 Å². The Morgan fingerprint density at radius 1 is 0.970 bits per heavy atom. The van der Waals surface area contributed by atoms with Crippen LogP contribution in [0.5, 0.6) is 5.75 Å². The number of rotatable bonds is 12. The summed E-state index contributed by atoms with van der Waals surface area (Å²) in [6.45, 7) is 1.07. The van der Waals surface area contributed by atoms with Crippen molar-refractivity contribution in [2.24, 2.45) is 0 Å². The lowest BCUT2D eigenvalue weighted by molar-refractivity contribution is -0.185. The molecule has 1 saturated heterocycles. The SMILES string of the molecule is COCOc1cccc2c(CCCSCC(OC3CCCCO3)c3ccccc3)cccc12. The van der Waals surface area contributed by atoms with E-state index >= 15 is 0 Å². The third-order valence-corrected chi connectivity index (χ3v) is 7.05. The van der Waals surface area contributed by atoms with Crippen molar-refractivity contribution < 1.29 is 18.9 Å². The number of benzene rings is 3. The average Bonchev–Trinajstić information content (AvgIpc) is 2.87. The van der Waals surface area contributed by atoms with Crippen molar-refractivity contribution in [1.29, 1.82) is 0 Å². The maximum Gasteiger partial charge on any atom is 0.188 e. The van der Waals surface area contributed by atoms with Gasteiger partial charge in [0.25, 0.3) is 0 Å². The van der Waals surface area contributed by atoms with E-state index in [9.17, 15) is 0 Å². The topological polar surface area (TPSA) is 36.9 Å². The fourth-order valence-electron chi connectivity index (χ4n) is 4.25. The van der Waals surface area contributed by atoms with Gasteiger partial charge in [0.15, 0.2) is 13.1 Å². The Kier molecular flexibility index (Phi) is 9.48. The molecule has 1 heterocycles. The molecule has 5 heteroatoms. The second-order valence-corrected chi connectivity index (χ2v) is 9.48. The maximum atomic E-state index is 6.38. The molecule has 0 aromatic heterocycles. The molecule has 2 unspecified atom stereocenters. The molecule has 0 radical (unpaired) electrons. The average molecular weight is 467 g/mol. The first kappa shape index (κ1) is 24.1. The summed E-state index contributed by atoms with van der Waals surface area (Å²) in [5, 5.41) is 2.40. The van der Waals surface area contributed by atoms with Crippen molar-refractivity contribution >= 4 is 22.5 Å². The Labute approximate surface area is 201 Å². The monoisotopic (exact) mass is 466 g/mol. The minimum absolute atomic E-state index is 0.0670. The number of fused-ring (bicyclic) bond motifs is 1. The predicted octanol–water partition coefficient (Wildman–Crippen LogP) is 6.77. The van der Waals surface area contributed by atoms with Crippen molar-refractivity contribution in [3.8, 4) is 5.75 Å². The Morgan fingerprint density at radius 2 is 1.82 bits per heavy atom. The molecule has 33 heavy (non-hydrogen) atoms. The van der Waals surface area contributed by atoms with Crippen molar-refractivity contribution in [2.45, 2.75) is 44.5 Å². The van der Waals surface area contributed by atoms with E-state index in [1.807, 2.05) is 17.8 Å². The van der Waals surface area contributed by atoms with E-state index in [4.69, 9.17) is 18.9 Å². The molecule has 0 bridgehead atoms. The largest absolute Gasteiger partial charge is 0.467 e. The van der Waals surface area contributed by atoms with Crippen LogP contribution in [-0.2, 0) is 20.6 Å². The van der Waals surface area contributed by atoms with Gasteiger partial charge in [-0.1, -0.05) is 60.7 Å². The standard InChI is InChI=1S/C28H34O4S/c1-29-21-31-26-16-8-14-24-22(12-7-15-25(24)26)13-9-19-33-20-27(23-10-3-2-4-11-23)32-28-17-5-6-18-30-28/h2-4,7-8,10-12,14-16,27-28H,5-6,9,13,17-21H2,1H3. The lowest BCUT2D eigenvalue weighted by atomic mass is 10.0. The zero-order chi connectivity index (χ0) is 22.7. The van der Waals surface area contributed by atoms with Gasteiger partial charge in [-0.15, -0.1) is 0 Å². The molecule has 1 aliphatic rings. The number of ether oxygens (including phenoxy) is 4. The molecule has 0 spiro atoms. The fourth-order valence-corrected chi connectivity index (χ4v) is 5.25. The lowest BCUT2D eigenvalue weighted by Crippen LogP contribution is -2.25. The highest BCUT2D eigenvalue weighted by atomic mass is 32.2. The van der Waals surface area contributed by atoms with E-state index in [1.165, 1.54) is 22.9 Å². The summed E-state index contributed by atoms with van der Waals surface area (Å²) in [7, 11) is 1.64. The second-order valence-electron chi connectivity index (χ2n) is 8.33. The van der Waals surface area contributed by atoms with E-state index in [-0.39, 0.29) is 19.2 Å². The number of hydrogen-bond donors (Lipinski definition) is 0. The van der Waals surface area contributed by atoms with Crippen LogP contribution in [0, 0.1) is 0 Å². The molecule has 1 aliphatic heterocycles. The zero-order valence-electron chi connectivity index (χ0n) is 19.4. The van der Waals surface area contributed by atoms with Crippen LogP contribution in [0.4, 0.5) is 0 Å². The maximum absolute atomic E-state index is 6.38. The lowest BCUT2D eigenvalue weighted by Gasteiger charge is -2.28. The highest BCUT2D eigenvalue weighted by molar-refractivity contribution is 7.99. The van der Waals surface area contributed by atoms with Crippen LogP contribution in [-0.4, -0.2) is 38.3 Å². The normalized spacial score (nSPS) is 17.2. The molecule has 4 rings (SSSR count). The molecule has 4 nitrogen and oxygen atoms in total.